The van der Waals surface area contributed by atoms with Crippen LogP contribution in [0.3, 0.4) is 0 Å². The van der Waals surface area contributed by atoms with Crippen LogP contribution in [0, 0.1) is 0 Å². The van der Waals surface area contributed by atoms with Crippen LogP contribution in [0.1, 0.15) is 22.6 Å². The standard InChI is InChI=1S/C65H41NOS/c1-2-10-47-40-60-57(37-46(47)9-1)53-11-3-4-14-56(53)65(60)45-19-17-41(18-20-45)42-21-29-50(30-22-42)66(51-31-23-43(24-32-51)48-27-35-62-58(38-48)54-12-5-7-15-61(54)67-62)52-33-25-44(26-34-52)49-28-36-64-59(39-49)55-13-6-8-16-63(55)68-64/h1-40,65H. The SMILES string of the molecule is c1ccc2c(c1)-c1cc3ccccc3cc1C2c1ccc(-c2ccc(N(c3ccc(-c4ccc5oc6ccccc6c5c4)cc3)c3ccc(-c4ccc5sc6ccccc6c5c4)cc3)cc2)cc1. The van der Waals surface area contributed by atoms with Crippen molar-refractivity contribution in [3.63, 3.8) is 0 Å². The Morgan fingerprint density at radius 2 is 0.824 bits per heavy atom. The van der Waals surface area contributed by atoms with E-state index in [0.29, 0.717) is 0 Å². The van der Waals surface area contributed by atoms with Crippen LogP contribution in [0.25, 0.3) is 97.4 Å². The molecule has 0 amide bonds. The lowest BCUT2D eigenvalue weighted by Crippen LogP contribution is -2.09. The molecular weight excluding hydrogens is 843 g/mol. The highest BCUT2D eigenvalue weighted by atomic mass is 32.1. The highest BCUT2D eigenvalue weighted by molar-refractivity contribution is 7.25. The lowest BCUT2D eigenvalue weighted by atomic mass is 9.87. The van der Waals surface area contributed by atoms with Crippen LogP contribution >= 0.6 is 11.3 Å². The van der Waals surface area contributed by atoms with Crippen LogP contribution < -0.4 is 4.90 Å². The number of benzene rings is 11. The van der Waals surface area contributed by atoms with Gasteiger partial charge in [0.1, 0.15) is 11.2 Å². The van der Waals surface area contributed by atoms with Gasteiger partial charge in [0, 0.05) is 53.9 Å². The average molecular weight is 884 g/mol. The van der Waals surface area contributed by atoms with Crippen LogP contribution in [0.15, 0.2) is 247 Å². The Hall–Kier alpha value is -8.50. The predicted molar refractivity (Wildman–Crippen MR) is 288 cm³/mol. The number of hydrogen-bond donors (Lipinski definition) is 0. The van der Waals surface area contributed by atoms with E-state index in [4.69, 9.17) is 4.42 Å². The molecule has 0 N–H and O–H groups in total. The normalized spacial score (nSPS) is 13.1. The molecule has 13 aromatic rings. The molecule has 0 aliphatic heterocycles. The number of hydrogen-bond acceptors (Lipinski definition) is 3. The highest BCUT2D eigenvalue weighted by Crippen LogP contribution is 2.50. The van der Waals surface area contributed by atoms with Crippen LogP contribution in [-0.2, 0) is 0 Å². The molecule has 2 heterocycles. The molecule has 0 radical (unpaired) electrons. The maximum absolute atomic E-state index is 6.15. The summed E-state index contributed by atoms with van der Waals surface area (Å²) in [6.45, 7) is 0. The van der Waals surface area contributed by atoms with Gasteiger partial charge in [0.05, 0.1) is 0 Å². The first-order valence-corrected chi connectivity index (χ1v) is 24.1. The Balaban J connectivity index is 0.805. The van der Waals surface area contributed by atoms with E-state index in [1.807, 2.05) is 23.5 Å². The summed E-state index contributed by atoms with van der Waals surface area (Å²) >= 11 is 1.86. The third-order valence-electron chi connectivity index (χ3n) is 14.2. The maximum atomic E-state index is 6.15. The Labute approximate surface area is 398 Å². The summed E-state index contributed by atoms with van der Waals surface area (Å²) in [6, 6.07) is 89.0. The Morgan fingerprint density at radius 1 is 0.324 bits per heavy atom. The number of nitrogens with zero attached hydrogens (tertiary/aromatic N) is 1. The summed E-state index contributed by atoms with van der Waals surface area (Å²) in [4.78, 5) is 2.36. The first-order valence-electron chi connectivity index (χ1n) is 23.3. The minimum Gasteiger partial charge on any atom is -0.456 e. The molecule has 1 atom stereocenters. The maximum Gasteiger partial charge on any atom is 0.135 e. The number of furan rings is 1. The van der Waals surface area contributed by atoms with E-state index < -0.39 is 0 Å². The van der Waals surface area contributed by atoms with Crippen molar-refractivity contribution in [2.24, 2.45) is 0 Å². The molecule has 0 fully saturated rings. The van der Waals surface area contributed by atoms with E-state index in [2.05, 4.69) is 235 Å². The zero-order valence-corrected chi connectivity index (χ0v) is 37.8. The van der Waals surface area contributed by atoms with Gasteiger partial charge >= 0.3 is 0 Å². The summed E-state index contributed by atoms with van der Waals surface area (Å²) in [5.41, 5.74) is 19.0. The summed E-state index contributed by atoms with van der Waals surface area (Å²) in [5.74, 6) is 0.195. The van der Waals surface area contributed by atoms with Gasteiger partial charge < -0.3 is 9.32 Å². The van der Waals surface area contributed by atoms with Gasteiger partial charge in [-0.1, -0.05) is 158 Å². The molecular formula is C65H41NOS. The molecule has 3 heteroatoms. The minimum absolute atomic E-state index is 0.195. The van der Waals surface area contributed by atoms with Gasteiger partial charge in [0.15, 0.2) is 0 Å². The fourth-order valence-corrected chi connectivity index (χ4v) is 11.9. The van der Waals surface area contributed by atoms with Crippen LogP contribution in [0.4, 0.5) is 17.1 Å². The quantitative estimate of drug-likeness (QED) is 0.159. The molecule has 0 saturated carbocycles. The molecule has 68 heavy (non-hydrogen) atoms. The second kappa shape index (κ2) is 15.6. The van der Waals surface area contributed by atoms with Crippen LogP contribution in [0.2, 0.25) is 0 Å². The molecule has 0 saturated heterocycles. The molecule has 318 valence electrons. The average Bonchev–Trinajstić information content (AvgIpc) is 4.07. The molecule has 2 nitrogen and oxygen atoms in total. The zero-order valence-electron chi connectivity index (χ0n) is 36.9. The van der Waals surface area contributed by atoms with Crippen molar-refractivity contribution in [2.75, 3.05) is 4.90 Å². The molecule has 11 aromatic carbocycles. The van der Waals surface area contributed by atoms with E-state index in [1.165, 1.54) is 81.0 Å². The van der Waals surface area contributed by atoms with E-state index in [9.17, 15) is 0 Å². The first-order chi connectivity index (χ1) is 33.7. The molecule has 14 rings (SSSR count). The predicted octanol–water partition coefficient (Wildman–Crippen LogP) is 18.7. The third kappa shape index (κ3) is 6.39. The second-order valence-electron chi connectivity index (χ2n) is 18.0. The van der Waals surface area contributed by atoms with Gasteiger partial charge in [-0.05, 0) is 157 Å². The largest absolute Gasteiger partial charge is 0.456 e. The van der Waals surface area contributed by atoms with Crippen molar-refractivity contribution in [1.29, 1.82) is 0 Å². The number of thiophene rings is 1. The molecule has 0 spiro atoms. The number of rotatable bonds is 7. The van der Waals surface area contributed by atoms with Crippen molar-refractivity contribution >= 4 is 81.3 Å². The Bertz CT molecular complexity index is 3910. The van der Waals surface area contributed by atoms with E-state index >= 15 is 0 Å². The fourth-order valence-electron chi connectivity index (χ4n) is 10.8. The first kappa shape index (κ1) is 38.7. The second-order valence-corrected chi connectivity index (χ2v) is 19.1. The molecule has 1 unspecified atom stereocenters. The monoisotopic (exact) mass is 883 g/mol. The summed E-state index contributed by atoms with van der Waals surface area (Å²) < 4.78 is 8.79. The molecule has 2 aromatic heterocycles. The smallest absolute Gasteiger partial charge is 0.135 e. The summed E-state index contributed by atoms with van der Waals surface area (Å²) in [7, 11) is 0. The lowest BCUT2D eigenvalue weighted by molar-refractivity contribution is 0.669. The number of para-hydroxylation sites is 1. The van der Waals surface area contributed by atoms with Gasteiger partial charge in [0.2, 0.25) is 0 Å². The third-order valence-corrected chi connectivity index (χ3v) is 15.3. The highest BCUT2D eigenvalue weighted by Gasteiger charge is 2.30. The van der Waals surface area contributed by atoms with Gasteiger partial charge in [-0.3, -0.25) is 0 Å². The zero-order chi connectivity index (χ0) is 44.7. The number of anilines is 3. The van der Waals surface area contributed by atoms with E-state index in [-0.39, 0.29) is 5.92 Å². The summed E-state index contributed by atoms with van der Waals surface area (Å²) in [5, 5.41) is 7.47. The topological polar surface area (TPSA) is 16.4 Å². The Kier molecular flexibility index (Phi) is 8.86. The molecule has 1 aliphatic carbocycles. The molecule has 1 aliphatic rings. The van der Waals surface area contributed by atoms with Gasteiger partial charge in [0.25, 0.3) is 0 Å². The van der Waals surface area contributed by atoms with Crippen molar-refractivity contribution in [1.82, 2.24) is 0 Å². The van der Waals surface area contributed by atoms with Crippen molar-refractivity contribution in [3.05, 3.63) is 259 Å². The minimum atomic E-state index is 0.195. The van der Waals surface area contributed by atoms with E-state index in [1.54, 1.807) is 0 Å². The lowest BCUT2D eigenvalue weighted by Gasteiger charge is -2.26. The van der Waals surface area contributed by atoms with Gasteiger partial charge in [-0.25, -0.2) is 0 Å². The Morgan fingerprint density at radius 3 is 1.53 bits per heavy atom. The fraction of sp³-hybridized carbons (Fsp3) is 0.0154. The van der Waals surface area contributed by atoms with Crippen LogP contribution in [-0.4, -0.2) is 0 Å². The molecule has 0 bridgehead atoms. The van der Waals surface area contributed by atoms with Gasteiger partial charge in [-0.2, -0.15) is 0 Å². The number of fused-ring (bicyclic) bond motifs is 10. The van der Waals surface area contributed by atoms with Crippen molar-refractivity contribution in [2.45, 2.75) is 5.92 Å². The summed E-state index contributed by atoms with van der Waals surface area (Å²) in [6.07, 6.45) is 0. The van der Waals surface area contributed by atoms with E-state index in [0.717, 1.165) is 50.1 Å². The van der Waals surface area contributed by atoms with Crippen molar-refractivity contribution < 1.29 is 4.42 Å². The van der Waals surface area contributed by atoms with Crippen molar-refractivity contribution in [3.8, 4) is 44.5 Å². The van der Waals surface area contributed by atoms with Crippen LogP contribution in [0.5, 0.6) is 0 Å². The van der Waals surface area contributed by atoms with Gasteiger partial charge in [-0.15, -0.1) is 11.3 Å².